The van der Waals surface area contributed by atoms with Crippen LogP contribution in [-0.2, 0) is 0 Å². The number of aromatic amines is 1. The molecule has 1 aromatic heterocycles. The average Bonchev–Trinajstić information content (AvgIpc) is 2.34. The summed E-state index contributed by atoms with van der Waals surface area (Å²) in [6, 6.07) is 7.85. The first kappa shape index (κ1) is 11.8. The fourth-order valence-electron chi connectivity index (χ4n) is 1.57. The minimum atomic E-state index is 0.449. The zero-order valence-electron chi connectivity index (χ0n) is 9.64. The van der Waals surface area contributed by atoms with E-state index in [9.17, 15) is 0 Å². The standard InChI is InChI=1S/C13H14N2OS/c1-2-3-6-9-16-12-10-7-4-5-8-11(10)14-13(17)15-12/h2-5,7-8H,6,9H2,1H3,(H,14,15,17)/b3-2+. The van der Waals surface area contributed by atoms with E-state index in [0.717, 1.165) is 17.3 Å². The molecule has 1 heterocycles. The zero-order chi connectivity index (χ0) is 12.1. The highest BCUT2D eigenvalue weighted by Crippen LogP contribution is 2.21. The normalized spacial score (nSPS) is 11.1. The van der Waals surface area contributed by atoms with Crippen molar-refractivity contribution in [2.75, 3.05) is 6.61 Å². The lowest BCUT2D eigenvalue weighted by Gasteiger charge is -2.06. The first-order valence-electron chi connectivity index (χ1n) is 5.54. The third-order valence-electron chi connectivity index (χ3n) is 2.36. The maximum atomic E-state index is 5.65. The predicted octanol–water partition coefficient (Wildman–Crippen LogP) is 3.64. The van der Waals surface area contributed by atoms with Crippen LogP contribution in [0.25, 0.3) is 10.9 Å². The molecule has 2 rings (SSSR count). The molecule has 1 N–H and O–H groups in total. The van der Waals surface area contributed by atoms with Crippen molar-refractivity contribution in [2.24, 2.45) is 0 Å². The Morgan fingerprint density at radius 3 is 3.06 bits per heavy atom. The fourth-order valence-corrected chi connectivity index (χ4v) is 1.77. The lowest BCUT2D eigenvalue weighted by atomic mass is 10.2. The molecule has 1 aromatic carbocycles. The average molecular weight is 246 g/mol. The quantitative estimate of drug-likeness (QED) is 0.508. The number of allylic oxidation sites excluding steroid dienone is 1. The van der Waals surface area contributed by atoms with Crippen molar-refractivity contribution in [2.45, 2.75) is 13.3 Å². The predicted molar refractivity (Wildman–Crippen MR) is 71.9 cm³/mol. The number of fused-ring (bicyclic) bond motifs is 1. The third kappa shape index (κ3) is 2.91. The van der Waals surface area contributed by atoms with E-state index in [4.69, 9.17) is 17.0 Å². The second-order valence-electron chi connectivity index (χ2n) is 3.60. The van der Waals surface area contributed by atoms with Crippen LogP contribution < -0.4 is 4.74 Å². The maximum absolute atomic E-state index is 5.65. The van der Waals surface area contributed by atoms with E-state index in [1.165, 1.54) is 0 Å². The number of H-pyrrole nitrogens is 1. The number of nitrogens with zero attached hydrogens (tertiary/aromatic N) is 1. The molecule has 0 aliphatic carbocycles. The minimum absolute atomic E-state index is 0.449. The van der Waals surface area contributed by atoms with Crippen molar-refractivity contribution in [3.8, 4) is 5.88 Å². The Kier molecular flexibility index (Phi) is 3.88. The summed E-state index contributed by atoms with van der Waals surface area (Å²) in [4.78, 5) is 7.25. The van der Waals surface area contributed by atoms with Gasteiger partial charge in [0, 0.05) is 0 Å². The van der Waals surface area contributed by atoms with Gasteiger partial charge in [0.05, 0.1) is 17.5 Å². The van der Waals surface area contributed by atoms with Crippen LogP contribution in [0.1, 0.15) is 13.3 Å². The van der Waals surface area contributed by atoms with Gasteiger partial charge in [-0.15, -0.1) is 0 Å². The van der Waals surface area contributed by atoms with Crippen LogP contribution >= 0.6 is 12.2 Å². The summed E-state index contributed by atoms with van der Waals surface area (Å²) in [6.45, 7) is 2.60. The molecular formula is C13H14N2OS. The second-order valence-corrected chi connectivity index (χ2v) is 3.99. The molecule has 3 nitrogen and oxygen atoms in total. The smallest absolute Gasteiger partial charge is 0.225 e. The molecule has 0 amide bonds. The Labute approximate surface area is 105 Å². The zero-order valence-corrected chi connectivity index (χ0v) is 10.5. The highest BCUT2D eigenvalue weighted by molar-refractivity contribution is 7.71. The lowest BCUT2D eigenvalue weighted by molar-refractivity contribution is 0.315. The van der Waals surface area contributed by atoms with Crippen molar-refractivity contribution in [1.82, 2.24) is 9.97 Å². The van der Waals surface area contributed by atoms with Crippen LogP contribution in [0.4, 0.5) is 0 Å². The summed E-state index contributed by atoms with van der Waals surface area (Å²) >= 11 is 5.07. The van der Waals surface area contributed by atoms with Gasteiger partial charge < -0.3 is 9.72 Å². The summed E-state index contributed by atoms with van der Waals surface area (Å²) in [6.07, 6.45) is 4.94. The van der Waals surface area contributed by atoms with Crippen molar-refractivity contribution in [1.29, 1.82) is 0 Å². The summed E-state index contributed by atoms with van der Waals surface area (Å²) in [7, 11) is 0. The highest BCUT2D eigenvalue weighted by Gasteiger charge is 2.03. The van der Waals surface area contributed by atoms with Gasteiger partial charge in [-0.1, -0.05) is 24.3 Å². The molecule has 0 radical (unpaired) electrons. The van der Waals surface area contributed by atoms with Gasteiger partial charge in [0.2, 0.25) is 10.7 Å². The number of rotatable bonds is 4. The molecule has 0 spiro atoms. The fraction of sp³-hybridized carbons (Fsp3) is 0.231. The molecule has 0 unspecified atom stereocenters. The van der Waals surface area contributed by atoms with E-state index in [2.05, 4.69) is 16.0 Å². The number of nitrogens with one attached hydrogen (secondary N) is 1. The SMILES string of the molecule is C/C=C/CCOc1nc(=S)[nH]c2ccccc12. The van der Waals surface area contributed by atoms with Crippen molar-refractivity contribution >= 4 is 23.1 Å². The van der Waals surface area contributed by atoms with Gasteiger partial charge in [0.25, 0.3) is 0 Å². The first-order chi connectivity index (χ1) is 8.31. The van der Waals surface area contributed by atoms with Crippen LogP contribution in [-0.4, -0.2) is 16.6 Å². The summed E-state index contributed by atoms with van der Waals surface area (Å²) in [5.41, 5.74) is 0.952. The van der Waals surface area contributed by atoms with Crippen molar-refractivity contribution in [3.63, 3.8) is 0 Å². The van der Waals surface area contributed by atoms with E-state index in [-0.39, 0.29) is 0 Å². The van der Waals surface area contributed by atoms with E-state index < -0.39 is 0 Å². The molecule has 0 atom stereocenters. The van der Waals surface area contributed by atoms with Gasteiger partial charge in [-0.2, -0.15) is 4.98 Å². The van der Waals surface area contributed by atoms with Gasteiger partial charge in [-0.05, 0) is 37.7 Å². The molecule has 88 valence electrons. The van der Waals surface area contributed by atoms with Crippen molar-refractivity contribution < 1.29 is 4.74 Å². The summed E-state index contributed by atoms with van der Waals surface area (Å²) < 4.78 is 6.10. The van der Waals surface area contributed by atoms with E-state index >= 15 is 0 Å². The third-order valence-corrected chi connectivity index (χ3v) is 2.55. The van der Waals surface area contributed by atoms with Gasteiger partial charge in [0.1, 0.15) is 0 Å². The summed E-state index contributed by atoms with van der Waals surface area (Å²) in [5.74, 6) is 0.605. The Hall–Kier alpha value is -1.68. The Bertz CT molecular complexity index is 589. The molecule has 2 aromatic rings. The first-order valence-corrected chi connectivity index (χ1v) is 5.95. The lowest BCUT2D eigenvalue weighted by Crippen LogP contribution is -1.99. The molecule has 17 heavy (non-hydrogen) atoms. The monoisotopic (exact) mass is 246 g/mol. The molecule has 4 heteroatoms. The van der Waals surface area contributed by atoms with Crippen molar-refractivity contribution in [3.05, 3.63) is 41.2 Å². The number of hydrogen-bond acceptors (Lipinski definition) is 3. The number of ether oxygens (including phenoxy) is 1. The molecule has 0 aliphatic rings. The molecular weight excluding hydrogens is 232 g/mol. The maximum Gasteiger partial charge on any atom is 0.225 e. The van der Waals surface area contributed by atoms with Gasteiger partial charge in [-0.25, -0.2) is 0 Å². The van der Waals surface area contributed by atoms with Crippen LogP contribution in [0.2, 0.25) is 0 Å². The topological polar surface area (TPSA) is 37.9 Å². The van der Waals surface area contributed by atoms with E-state index in [1.807, 2.05) is 37.3 Å². The number of para-hydroxylation sites is 1. The van der Waals surface area contributed by atoms with E-state index in [0.29, 0.717) is 17.3 Å². The molecule has 0 saturated heterocycles. The molecule has 0 aliphatic heterocycles. The van der Waals surface area contributed by atoms with E-state index in [1.54, 1.807) is 0 Å². The number of hydrogen-bond donors (Lipinski definition) is 1. The Balaban J connectivity index is 2.29. The second kappa shape index (κ2) is 5.59. The van der Waals surface area contributed by atoms with Crippen LogP contribution in [0.15, 0.2) is 36.4 Å². The number of aromatic nitrogens is 2. The van der Waals surface area contributed by atoms with Gasteiger partial charge in [0.15, 0.2) is 0 Å². The minimum Gasteiger partial charge on any atom is -0.477 e. The van der Waals surface area contributed by atoms with Crippen LogP contribution in [0, 0.1) is 4.77 Å². The largest absolute Gasteiger partial charge is 0.477 e. The van der Waals surface area contributed by atoms with Gasteiger partial charge >= 0.3 is 0 Å². The van der Waals surface area contributed by atoms with Crippen LogP contribution in [0.5, 0.6) is 5.88 Å². The number of benzene rings is 1. The highest BCUT2D eigenvalue weighted by atomic mass is 32.1. The molecule has 0 bridgehead atoms. The van der Waals surface area contributed by atoms with Crippen LogP contribution in [0.3, 0.4) is 0 Å². The summed E-state index contributed by atoms with van der Waals surface area (Å²) in [5, 5.41) is 0.960. The van der Waals surface area contributed by atoms with Gasteiger partial charge in [-0.3, -0.25) is 0 Å². The molecule has 0 saturated carbocycles. The molecule has 0 fully saturated rings. The Morgan fingerprint density at radius 2 is 2.24 bits per heavy atom. The Morgan fingerprint density at radius 1 is 1.41 bits per heavy atom.